The highest BCUT2D eigenvalue weighted by atomic mass is 19.2. The van der Waals surface area contributed by atoms with E-state index in [0.717, 1.165) is 6.07 Å². The normalized spacial score (nSPS) is 12.8. The molecule has 1 aromatic rings. The Bertz CT molecular complexity index is 357. The van der Waals surface area contributed by atoms with Gasteiger partial charge in [-0.05, 0) is 19.4 Å². The van der Waals surface area contributed by atoms with Crippen molar-refractivity contribution in [2.24, 2.45) is 0 Å². The van der Waals surface area contributed by atoms with E-state index in [-0.39, 0.29) is 24.8 Å². The van der Waals surface area contributed by atoms with Crippen LogP contribution in [-0.2, 0) is 6.54 Å². The second-order valence-corrected chi connectivity index (χ2v) is 3.65. The number of aliphatic hydroxyl groups is 1. The topological polar surface area (TPSA) is 32.3 Å². The van der Waals surface area contributed by atoms with E-state index >= 15 is 0 Å². The lowest BCUT2D eigenvalue weighted by atomic mass is 10.1. The Morgan fingerprint density at radius 1 is 1.19 bits per heavy atom. The van der Waals surface area contributed by atoms with Crippen LogP contribution < -0.4 is 5.32 Å². The molecule has 90 valence electrons. The first kappa shape index (κ1) is 13.0. The van der Waals surface area contributed by atoms with Gasteiger partial charge in [-0.1, -0.05) is 0 Å². The van der Waals surface area contributed by atoms with E-state index in [1.54, 1.807) is 0 Å². The Hall–Kier alpha value is -1.07. The van der Waals surface area contributed by atoms with E-state index in [0.29, 0.717) is 12.5 Å². The zero-order chi connectivity index (χ0) is 12.1. The minimum atomic E-state index is -1.19. The summed E-state index contributed by atoms with van der Waals surface area (Å²) in [6.07, 6.45) is 0.519. The van der Waals surface area contributed by atoms with Crippen molar-refractivity contribution < 1.29 is 18.3 Å². The fraction of sp³-hybridized carbons (Fsp3) is 0.455. The molecule has 1 aromatic carbocycles. The molecule has 1 rings (SSSR count). The molecule has 1 unspecified atom stereocenters. The molecule has 0 aliphatic carbocycles. The zero-order valence-corrected chi connectivity index (χ0v) is 8.93. The Morgan fingerprint density at radius 2 is 1.81 bits per heavy atom. The Labute approximate surface area is 92.1 Å². The lowest BCUT2D eigenvalue weighted by molar-refractivity contribution is 0.268. The van der Waals surface area contributed by atoms with Crippen molar-refractivity contribution in [3.8, 4) is 0 Å². The van der Waals surface area contributed by atoms with Gasteiger partial charge in [0.1, 0.15) is 5.82 Å². The van der Waals surface area contributed by atoms with Crippen LogP contribution in [-0.4, -0.2) is 17.8 Å². The average Bonchev–Trinajstić information content (AvgIpc) is 2.22. The summed E-state index contributed by atoms with van der Waals surface area (Å²) in [5.74, 6) is -3.03. The SMILES string of the molecule is CC(CCO)NCc1cc(F)c(F)cc1F. The predicted molar refractivity (Wildman–Crippen MR) is 54.3 cm³/mol. The maximum Gasteiger partial charge on any atom is 0.161 e. The van der Waals surface area contributed by atoms with Crippen molar-refractivity contribution in [2.75, 3.05) is 6.61 Å². The summed E-state index contributed by atoms with van der Waals surface area (Å²) >= 11 is 0. The molecule has 0 bridgehead atoms. The molecule has 0 aliphatic rings. The lowest BCUT2D eigenvalue weighted by Gasteiger charge is -2.12. The Balaban J connectivity index is 2.63. The van der Waals surface area contributed by atoms with E-state index in [4.69, 9.17) is 5.11 Å². The third-order valence-corrected chi connectivity index (χ3v) is 2.29. The summed E-state index contributed by atoms with van der Waals surface area (Å²) in [4.78, 5) is 0. The highest BCUT2D eigenvalue weighted by Gasteiger charge is 2.10. The van der Waals surface area contributed by atoms with Crippen LogP contribution in [0.1, 0.15) is 18.9 Å². The van der Waals surface area contributed by atoms with Crippen LogP contribution in [0.5, 0.6) is 0 Å². The third-order valence-electron chi connectivity index (χ3n) is 2.29. The number of benzene rings is 1. The standard InChI is InChI=1S/C11H14F3NO/c1-7(2-3-16)15-6-8-4-10(13)11(14)5-9(8)12/h4-5,7,15-16H,2-3,6H2,1H3. The van der Waals surface area contributed by atoms with Gasteiger partial charge in [0.15, 0.2) is 11.6 Å². The van der Waals surface area contributed by atoms with Gasteiger partial charge in [-0.25, -0.2) is 13.2 Å². The second kappa shape index (κ2) is 5.86. The molecular formula is C11H14F3NO. The number of rotatable bonds is 5. The number of halogens is 3. The first-order chi connectivity index (χ1) is 7.54. The molecule has 16 heavy (non-hydrogen) atoms. The summed E-state index contributed by atoms with van der Waals surface area (Å²) in [5.41, 5.74) is 0.0729. The highest BCUT2D eigenvalue weighted by molar-refractivity contribution is 5.19. The quantitative estimate of drug-likeness (QED) is 0.762. The summed E-state index contributed by atoms with van der Waals surface area (Å²) < 4.78 is 38.6. The van der Waals surface area contributed by atoms with Crippen LogP contribution in [0.2, 0.25) is 0 Å². The molecular weight excluding hydrogens is 219 g/mol. The van der Waals surface area contributed by atoms with Gasteiger partial charge in [0.2, 0.25) is 0 Å². The predicted octanol–water partition coefficient (Wildman–Crippen LogP) is 1.96. The Kier molecular flexibility index (Phi) is 4.76. The van der Waals surface area contributed by atoms with Crippen molar-refractivity contribution in [3.05, 3.63) is 35.1 Å². The van der Waals surface area contributed by atoms with Gasteiger partial charge < -0.3 is 10.4 Å². The minimum Gasteiger partial charge on any atom is -0.396 e. The van der Waals surface area contributed by atoms with Crippen molar-refractivity contribution in [2.45, 2.75) is 25.9 Å². The highest BCUT2D eigenvalue weighted by Crippen LogP contribution is 2.13. The van der Waals surface area contributed by atoms with Crippen molar-refractivity contribution in [3.63, 3.8) is 0 Å². The molecule has 0 radical (unpaired) electrons. The summed E-state index contributed by atoms with van der Waals surface area (Å²) in [7, 11) is 0. The van der Waals surface area contributed by atoms with Crippen molar-refractivity contribution in [1.82, 2.24) is 5.32 Å². The fourth-order valence-corrected chi connectivity index (χ4v) is 1.28. The summed E-state index contributed by atoms with van der Waals surface area (Å²) in [6.45, 7) is 1.94. The lowest BCUT2D eigenvalue weighted by Crippen LogP contribution is -2.26. The molecule has 0 amide bonds. The van der Waals surface area contributed by atoms with Crippen LogP contribution in [0.15, 0.2) is 12.1 Å². The smallest absolute Gasteiger partial charge is 0.161 e. The van der Waals surface area contributed by atoms with Gasteiger partial charge in [-0.15, -0.1) is 0 Å². The van der Waals surface area contributed by atoms with Crippen LogP contribution in [0, 0.1) is 17.5 Å². The number of hydrogen-bond acceptors (Lipinski definition) is 2. The van der Waals surface area contributed by atoms with Crippen molar-refractivity contribution >= 4 is 0 Å². The maximum absolute atomic E-state index is 13.2. The van der Waals surface area contributed by atoms with Gasteiger partial charge in [0.05, 0.1) is 0 Å². The molecule has 0 heterocycles. The van der Waals surface area contributed by atoms with E-state index in [1.165, 1.54) is 0 Å². The molecule has 2 nitrogen and oxygen atoms in total. The first-order valence-electron chi connectivity index (χ1n) is 5.02. The maximum atomic E-state index is 13.2. The fourth-order valence-electron chi connectivity index (χ4n) is 1.28. The van der Waals surface area contributed by atoms with Gasteiger partial charge >= 0.3 is 0 Å². The minimum absolute atomic E-state index is 0.0162. The molecule has 0 aromatic heterocycles. The average molecular weight is 233 g/mol. The largest absolute Gasteiger partial charge is 0.396 e. The number of aliphatic hydroxyl groups excluding tert-OH is 1. The number of nitrogens with one attached hydrogen (secondary N) is 1. The zero-order valence-electron chi connectivity index (χ0n) is 8.93. The third kappa shape index (κ3) is 3.50. The van der Waals surface area contributed by atoms with Crippen molar-refractivity contribution in [1.29, 1.82) is 0 Å². The van der Waals surface area contributed by atoms with E-state index in [2.05, 4.69) is 5.32 Å². The van der Waals surface area contributed by atoms with Crippen LogP contribution in [0.4, 0.5) is 13.2 Å². The van der Waals surface area contributed by atoms with Gasteiger partial charge in [-0.3, -0.25) is 0 Å². The van der Waals surface area contributed by atoms with Gasteiger partial charge in [-0.2, -0.15) is 0 Å². The van der Waals surface area contributed by atoms with E-state index in [1.807, 2.05) is 6.92 Å². The molecule has 0 saturated carbocycles. The Morgan fingerprint density at radius 3 is 2.44 bits per heavy atom. The molecule has 0 saturated heterocycles. The molecule has 0 aliphatic heterocycles. The van der Waals surface area contributed by atoms with Crippen LogP contribution in [0.3, 0.4) is 0 Å². The molecule has 0 spiro atoms. The van der Waals surface area contributed by atoms with Crippen LogP contribution >= 0.6 is 0 Å². The van der Waals surface area contributed by atoms with Gasteiger partial charge in [0, 0.05) is 30.8 Å². The number of hydrogen-bond donors (Lipinski definition) is 2. The molecule has 2 N–H and O–H groups in total. The monoisotopic (exact) mass is 233 g/mol. The first-order valence-corrected chi connectivity index (χ1v) is 5.02. The summed E-state index contributed by atoms with van der Waals surface area (Å²) in [6, 6.07) is 1.35. The van der Waals surface area contributed by atoms with E-state index in [9.17, 15) is 13.2 Å². The molecule has 1 atom stereocenters. The van der Waals surface area contributed by atoms with E-state index < -0.39 is 17.5 Å². The van der Waals surface area contributed by atoms with Crippen LogP contribution in [0.25, 0.3) is 0 Å². The molecule has 5 heteroatoms. The second-order valence-electron chi connectivity index (χ2n) is 3.65. The summed E-state index contributed by atoms with van der Waals surface area (Å²) in [5, 5.41) is 11.5. The molecule has 0 fully saturated rings. The van der Waals surface area contributed by atoms with Gasteiger partial charge in [0.25, 0.3) is 0 Å².